The summed E-state index contributed by atoms with van der Waals surface area (Å²) in [6.07, 6.45) is 6.34. The number of benzene rings is 1. The number of hydrogen-bond donors (Lipinski definition) is 0. The molecule has 7 nitrogen and oxygen atoms in total. The first-order valence-electron chi connectivity index (χ1n) is 19.0. The molecule has 1 aliphatic rings. The maximum Gasteiger partial charge on any atom is 0.309 e. The zero-order chi connectivity index (χ0) is 38.7. The number of oxazole rings is 1. The number of esters is 1. The van der Waals surface area contributed by atoms with Crippen LogP contribution >= 0.6 is 0 Å². The van der Waals surface area contributed by atoms with Crippen molar-refractivity contribution in [2.24, 2.45) is 17.3 Å². The molecule has 286 valence electrons. The Kier molecular flexibility index (Phi) is 13.8. The molecule has 0 spiro atoms. The third-order valence-electron chi connectivity index (χ3n) is 12.1. The minimum absolute atomic E-state index is 0.0239. The second-order valence-electron chi connectivity index (χ2n) is 18.7. The molecule has 5 atom stereocenters. The van der Waals surface area contributed by atoms with Gasteiger partial charge in [-0.15, -0.1) is 6.58 Å². The molecule has 51 heavy (non-hydrogen) atoms. The van der Waals surface area contributed by atoms with E-state index in [4.69, 9.17) is 18.0 Å². The molecule has 0 radical (unpaired) electrons. The lowest BCUT2D eigenvalue weighted by molar-refractivity contribution is -0.155. The predicted octanol–water partition coefficient (Wildman–Crippen LogP) is 11.8. The monoisotopic (exact) mass is 739 g/mol. The highest BCUT2D eigenvalue weighted by molar-refractivity contribution is 6.74. The summed E-state index contributed by atoms with van der Waals surface area (Å²) in [7, 11) is -4.72. The van der Waals surface area contributed by atoms with E-state index < -0.39 is 40.2 Å². The van der Waals surface area contributed by atoms with Gasteiger partial charge in [-0.1, -0.05) is 86.1 Å². The first-order valence-corrected chi connectivity index (χ1v) is 24.9. The number of fused-ring (bicyclic) bond motifs is 1. The minimum Gasteiger partial charge on any atom is -0.457 e. The normalized spacial score (nSPS) is 26.4. The highest BCUT2D eigenvalue weighted by atomic mass is 28.4. The third-order valence-corrected chi connectivity index (χ3v) is 21.0. The zero-order valence-corrected chi connectivity index (χ0v) is 36.6. The van der Waals surface area contributed by atoms with Crippen LogP contribution in [0.25, 0.3) is 11.1 Å². The Balaban J connectivity index is 2.18. The number of carbonyl (C=O) groups is 2. The molecular formula is C42H69NO6Si2. The molecule has 1 aliphatic heterocycles. The molecule has 0 N–H and O–H groups in total. The Morgan fingerprint density at radius 1 is 1.00 bits per heavy atom. The van der Waals surface area contributed by atoms with E-state index >= 15 is 4.79 Å². The minimum atomic E-state index is -2.45. The number of hydrogen-bond acceptors (Lipinski definition) is 7. The molecule has 9 heteroatoms. The lowest BCUT2D eigenvalue weighted by Gasteiger charge is -2.47. The van der Waals surface area contributed by atoms with Gasteiger partial charge in [0.1, 0.15) is 17.4 Å². The summed E-state index contributed by atoms with van der Waals surface area (Å²) in [6, 6.07) is 5.79. The van der Waals surface area contributed by atoms with Crippen molar-refractivity contribution in [1.82, 2.24) is 4.98 Å². The van der Waals surface area contributed by atoms with Gasteiger partial charge in [-0.2, -0.15) is 0 Å². The van der Waals surface area contributed by atoms with Crippen molar-refractivity contribution in [3.05, 3.63) is 54.0 Å². The molecule has 1 aromatic carbocycles. The van der Waals surface area contributed by atoms with E-state index in [0.717, 1.165) is 30.3 Å². The number of cyclic esters (lactones) is 1. The number of ether oxygens (including phenoxy) is 1. The average molecular weight is 740 g/mol. The molecule has 0 unspecified atom stereocenters. The molecule has 2 aromatic rings. The van der Waals surface area contributed by atoms with Crippen molar-refractivity contribution >= 4 is 39.5 Å². The van der Waals surface area contributed by atoms with Crippen molar-refractivity contribution in [3.8, 4) is 0 Å². The molecule has 1 aromatic heterocycles. The second kappa shape index (κ2) is 16.4. The van der Waals surface area contributed by atoms with Gasteiger partial charge in [-0.05, 0) is 92.5 Å². The Bertz CT molecular complexity index is 1560. The lowest BCUT2D eigenvalue weighted by atomic mass is 9.71. The average Bonchev–Trinajstić information content (AvgIpc) is 3.37. The molecule has 2 heterocycles. The van der Waals surface area contributed by atoms with Gasteiger partial charge in [0.25, 0.3) is 0 Å². The van der Waals surface area contributed by atoms with E-state index in [2.05, 4.69) is 99.2 Å². The molecular weight excluding hydrogens is 671 g/mol. The van der Waals surface area contributed by atoms with Gasteiger partial charge in [-0.3, -0.25) is 9.59 Å². The van der Waals surface area contributed by atoms with Gasteiger partial charge in [0.15, 0.2) is 28.1 Å². The molecule has 3 rings (SSSR count). The summed E-state index contributed by atoms with van der Waals surface area (Å²) in [5.74, 6) is -0.0352. The van der Waals surface area contributed by atoms with Gasteiger partial charge < -0.3 is 18.0 Å². The maximum absolute atomic E-state index is 15.2. The molecule has 0 saturated heterocycles. The Morgan fingerprint density at radius 3 is 2.20 bits per heavy atom. The molecule has 0 saturated carbocycles. The highest BCUT2D eigenvalue weighted by Gasteiger charge is 2.51. The highest BCUT2D eigenvalue weighted by Crippen LogP contribution is 2.45. The first-order chi connectivity index (χ1) is 23.3. The summed E-state index contributed by atoms with van der Waals surface area (Å²) in [5, 5.41) is -0.159. The molecule has 0 fully saturated rings. The van der Waals surface area contributed by atoms with Crippen molar-refractivity contribution in [1.29, 1.82) is 0 Å². The van der Waals surface area contributed by atoms with E-state index in [1.165, 1.54) is 5.57 Å². The van der Waals surface area contributed by atoms with Crippen LogP contribution in [0.3, 0.4) is 0 Å². The van der Waals surface area contributed by atoms with Gasteiger partial charge >= 0.3 is 5.97 Å². The number of ketones is 1. The zero-order valence-electron chi connectivity index (χ0n) is 34.6. The third kappa shape index (κ3) is 10.6. The standard InChI is InChI=1S/C42H69NO6Si2/c1-17-19-32-38(49-51(15,16)41(8,9)10)29(3)21-18-20-28(2)22-24-34(31-23-25-35-33(26-31)43-30(4)46-35)47-37(44)27-36(42(11,12)39(32)45)48-50(13,14)40(5,6)7/h17,22-23,25-26,29,32,34,36,38H,1,18-21,24,27H2,2-16H3/b28-22+/t29-,32+,34-,36-,38-/m0/s1. The Hall–Kier alpha value is -2.34. The first kappa shape index (κ1) is 43.1. The molecule has 0 aliphatic carbocycles. The fourth-order valence-electron chi connectivity index (χ4n) is 6.44. The van der Waals surface area contributed by atoms with Crippen molar-refractivity contribution < 1.29 is 27.6 Å². The summed E-state index contributed by atoms with van der Waals surface area (Å²) in [6.45, 7) is 36.4. The van der Waals surface area contributed by atoms with Crippen LogP contribution in [0.5, 0.6) is 0 Å². The second-order valence-corrected chi connectivity index (χ2v) is 28.2. The van der Waals surface area contributed by atoms with E-state index in [1.807, 2.05) is 45.0 Å². The number of aryl methyl sites for hydroxylation is 1. The summed E-state index contributed by atoms with van der Waals surface area (Å²) in [4.78, 5) is 33.9. The Labute approximate surface area is 311 Å². The fraction of sp³-hybridized carbons (Fsp3) is 0.690. The number of rotatable bonds is 7. The van der Waals surface area contributed by atoms with Crippen LogP contribution < -0.4 is 0 Å². The maximum atomic E-state index is 15.2. The van der Waals surface area contributed by atoms with Crippen LogP contribution in [0.4, 0.5) is 0 Å². The van der Waals surface area contributed by atoms with Gasteiger partial charge in [-0.25, -0.2) is 4.98 Å². The van der Waals surface area contributed by atoms with Crippen LogP contribution in [0.1, 0.15) is 125 Å². The summed E-state index contributed by atoms with van der Waals surface area (Å²) >= 11 is 0. The van der Waals surface area contributed by atoms with E-state index in [-0.39, 0.29) is 40.3 Å². The van der Waals surface area contributed by atoms with E-state index in [9.17, 15) is 4.79 Å². The SMILES string of the molecule is C=CC[C@H]1C(=O)C(C)(C)[C@@H](O[Si](C)(C)C(C)(C)C)CC(=O)O[C@H](c2ccc3oc(C)nc3c2)C/C=C(\C)CCC[C@H](C)[C@@H]1O[Si](C)(C)C(C)(C)C. The van der Waals surface area contributed by atoms with Crippen LogP contribution in [-0.4, -0.2) is 45.6 Å². The van der Waals surface area contributed by atoms with E-state index in [1.54, 1.807) is 0 Å². The lowest BCUT2D eigenvalue weighted by Crippen LogP contribution is -2.55. The van der Waals surface area contributed by atoms with Gasteiger partial charge in [0.2, 0.25) is 0 Å². The predicted molar refractivity (Wildman–Crippen MR) is 215 cm³/mol. The molecule has 0 bridgehead atoms. The smallest absolute Gasteiger partial charge is 0.309 e. The fourth-order valence-corrected chi connectivity index (χ4v) is 9.32. The largest absolute Gasteiger partial charge is 0.457 e. The van der Waals surface area contributed by atoms with E-state index in [0.29, 0.717) is 24.3 Å². The number of nitrogens with zero attached hydrogens (tertiary/aromatic N) is 1. The van der Waals surface area contributed by atoms with Crippen LogP contribution in [0.2, 0.25) is 36.3 Å². The Morgan fingerprint density at radius 2 is 1.61 bits per heavy atom. The summed E-state index contributed by atoms with van der Waals surface area (Å²) in [5.41, 5.74) is 2.52. The number of allylic oxidation sites excluding steroid dienone is 2. The van der Waals surface area contributed by atoms with Crippen molar-refractivity contribution in [2.45, 2.75) is 169 Å². The quantitative estimate of drug-likeness (QED) is 0.159. The van der Waals surface area contributed by atoms with Crippen LogP contribution in [0.15, 0.2) is 46.9 Å². The number of carbonyl (C=O) groups excluding carboxylic acids is 2. The molecule has 0 amide bonds. The van der Waals surface area contributed by atoms with Crippen LogP contribution in [-0.2, 0) is 23.2 Å². The summed E-state index contributed by atoms with van der Waals surface area (Å²) < 4.78 is 26.4. The topological polar surface area (TPSA) is 87.9 Å². The van der Waals surface area contributed by atoms with Gasteiger partial charge in [0, 0.05) is 24.7 Å². The van der Waals surface area contributed by atoms with Gasteiger partial charge in [0.05, 0.1) is 18.6 Å². The number of aromatic nitrogens is 1. The number of Topliss-reactive ketones (excluding diaryl/α,β-unsaturated/α-hetero) is 1. The van der Waals surface area contributed by atoms with Crippen LogP contribution in [0, 0.1) is 24.2 Å². The van der Waals surface area contributed by atoms with Crippen molar-refractivity contribution in [3.63, 3.8) is 0 Å². The van der Waals surface area contributed by atoms with Crippen molar-refractivity contribution in [2.75, 3.05) is 0 Å².